The fraction of sp³-hybridized carbons (Fsp3) is 0.467. The first kappa shape index (κ1) is 13.1. The van der Waals surface area contributed by atoms with Crippen molar-refractivity contribution >= 4 is 11.0 Å². The van der Waals surface area contributed by atoms with Gasteiger partial charge in [-0.2, -0.15) is 0 Å². The summed E-state index contributed by atoms with van der Waals surface area (Å²) in [5, 5.41) is 4.52. The van der Waals surface area contributed by atoms with E-state index in [1.807, 2.05) is 25.2 Å². The molecule has 1 aromatic heterocycles. The summed E-state index contributed by atoms with van der Waals surface area (Å²) in [6.45, 7) is 4.42. The first-order chi connectivity index (χ1) is 8.46. The van der Waals surface area contributed by atoms with E-state index in [9.17, 15) is 0 Å². The number of fused-ring (bicyclic) bond motifs is 1. The minimum absolute atomic E-state index is 0.0252. The molecule has 0 aliphatic carbocycles. The summed E-state index contributed by atoms with van der Waals surface area (Å²) in [6.07, 6.45) is 0. The van der Waals surface area contributed by atoms with Crippen molar-refractivity contribution in [1.29, 1.82) is 0 Å². The summed E-state index contributed by atoms with van der Waals surface area (Å²) in [5.74, 6) is 0.984. The summed E-state index contributed by atoms with van der Waals surface area (Å²) in [7, 11) is 6.16. The van der Waals surface area contributed by atoms with E-state index in [0.717, 1.165) is 16.7 Å². The summed E-state index contributed by atoms with van der Waals surface area (Å²) in [6, 6.07) is 10.4. The molecule has 1 atom stereocenters. The van der Waals surface area contributed by atoms with Gasteiger partial charge in [0.2, 0.25) is 0 Å². The molecule has 2 aromatic rings. The lowest BCUT2D eigenvalue weighted by molar-refractivity contribution is 0.131. The fourth-order valence-corrected chi connectivity index (χ4v) is 2.25. The highest BCUT2D eigenvalue weighted by molar-refractivity contribution is 5.77. The zero-order chi connectivity index (χ0) is 13.3. The standard InChI is InChI=1S/C15H22N2O/c1-15(2,17(4)5)14(16-3)13-10-11-8-6-7-9-12(11)18-13/h6-10,14,16H,1-5H3. The van der Waals surface area contributed by atoms with E-state index >= 15 is 0 Å². The lowest BCUT2D eigenvalue weighted by Gasteiger charge is -2.38. The van der Waals surface area contributed by atoms with Crippen LogP contribution < -0.4 is 5.32 Å². The van der Waals surface area contributed by atoms with Crippen molar-refractivity contribution in [3.05, 3.63) is 36.1 Å². The SMILES string of the molecule is CNC(c1cc2ccccc2o1)C(C)(C)N(C)C. The molecule has 0 bridgehead atoms. The Morgan fingerprint density at radius 1 is 1.22 bits per heavy atom. The normalized spacial score (nSPS) is 14.3. The molecule has 3 heteroatoms. The molecule has 0 aliphatic rings. The maximum atomic E-state index is 5.97. The topological polar surface area (TPSA) is 28.4 Å². The van der Waals surface area contributed by atoms with E-state index in [1.54, 1.807) is 0 Å². The molecule has 1 unspecified atom stereocenters. The number of benzene rings is 1. The van der Waals surface area contributed by atoms with Crippen LogP contribution in [0, 0.1) is 0 Å². The number of nitrogens with one attached hydrogen (secondary N) is 1. The highest BCUT2D eigenvalue weighted by Crippen LogP contribution is 2.32. The molecular weight excluding hydrogens is 224 g/mol. The third-order valence-electron chi connectivity index (χ3n) is 3.88. The van der Waals surface area contributed by atoms with Crippen molar-refractivity contribution in [3.8, 4) is 0 Å². The van der Waals surface area contributed by atoms with E-state index in [0.29, 0.717) is 0 Å². The van der Waals surface area contributed by atoms with Gasteiger partial charge < -0.3 is 14.6 Å². The molecule has 0 fully saturated rings. The number of para-hydroxylation sites is 1. The van der Waals surface area contributed by atoms with Gasteiger partial charge >= 0.3 is 0 Å². The predicted octanol–water partition coefficient (Wildman–Crippen LogP) is 3.03. The third kappa shape index (κ3) is 2.16. The van der Waals surface area contributed by atoms with Crippen LogP contribution in [0.4, 0.5) is 0 Å². The molecule has 98 valence electrons. The molecule has 1 aromatic carbocycles. The lowest BCUT2D eigenvalue weighted by Crippen LogP contribution is -2.48. The van der Waals surface area contributed by atoms with Crippen LogP contribution in [0.2, 0.25) is 0 Å². The van der Waals surface area contributed by atoms with E-state index in [-0.39, 0.29) is 11.6 Å². The van der Waals surface area contributed by atoms with E-state index < -0.39 is 0 Å². The predicted molar refractivity (Wildman–Crippen MR) is 75.8 cm³/mol. The van der Waals surface area contributed by atoms with Crippen LogP contribution in [0.3, 0.4) is 0 Å². The van der Waals surface area contributed by atoms with Gasteiger partial charge in [0.25, 0.3) is 0 Å². The summed E-state index contributed by atoms with van der Waals surface area (Å²) in [4.78, 5) is 2.21. The van der Waals surface area contributed by atoms with Crippen LogP contribution in [-0.2, 0) is 0 Å². The van der Waals surface area contributed by atoms with Gasteiger partial charge in [-0.15, -0.1) is 0 Å². The molecule has 1 heterocycles. The second kappa shape index (κ2) is 4.75. The van der Waals surface area contributed by atoms with Crippen molar-refractivity contribution in [2.75, 3.05) is 21.1 Å². The van der Waals surface area contributed by atoms with Crippen LogP contribution in [0.15, 0.2) is 34.7 Å². The van der Waals surface area contributed by atoms with E-state index in [2.05, 4.69) is 50.3 Å². The number of hydrogen-bond acceptors (Lipinski definition) is 3. The molecule has 2 rings (SSSR count). The molecule has 0 spiro atoms. The monoisotopic (exact) mass is 246 g/mol. The average molecular weight is 246 g/mol. The number of likely N-dealkylation sites (N-methyl/N-ethyl adjacent to an activating group) is 2. The smallest absolute Gasteiger partial charge is 0.134 e. The van der Waals surface area contributed by atoms with E-state index in [4.69, 9.17) is 4.42 Å². The molecule has 0 amide bonds. The van der Waals surface area contributed by atoms with Gasteiger partial charge in [-0.05, 0) is 47.1 Å². The highest BCUT2D eigenvalue weighted by atomic mass is 16.3. The molecule has 0 saturated carbocycles. The van der Waals surface area contributed by atoms with Gasteiger partial charge in [-0.3, -0.25) is 0 Å². The molecule has 0 saturated heterocycles. The Morgan fingerprint density at radius 2 is 1.89 bits per heavy atom. The van der Waals surface area contributed by atoms with Crippen molar-refractivity contribution in [2.24, 2.45) is 0 Å². The number of rotatable bonds is 4. The number of furan rings is 1. The average Bonchev–Trinajstić information content (AvgIpc) is 2.72. The maximum Gasteiger partial charge on any atom is 0.134 e. The Morgan fingerprint density at radius 3 is 2.44 bits per heavy atom. The second-order valence-corrected chi connectivity index (χ2v) is 5.46. The van der Waals surface area contributed by atoms with Crippen molar-refractivity contribution < 1.29 is 4.42 Å². The second-order valence-electron chi connectivity index (χ2n) is 5.46. The van der Waals surface area contributed by atoms with Gasteiger partial charge in [0.05, 0.1) is 6.04 Å². The minimum atomic E-state index is -0.0252. The van der Waals surface area contributed by atoms with E-state index in [1.165, 1.54) is 0 Å². The zero-order valence-electron chi connectivity index (χ0n) is 11.8. The first-order valence-electron chi connectivity index (χ1n) is 6.30. The Hall–Kier alpha value is -1.32. The first-order valence-corrected chi connectivity index (χ1v) is 6.30. The van der Waals surface area contributed by atoms with Gasteiger partial charge in [0.15, 0.2) is 0 Å². The van der Waals surface area contributed by atoms with Crippen LogP contribution in [0.25, 0.3) is 11.0 Å². The lowest BCUT2D eigenvalue weighted by atomic mass is 9.91. The quantitative estimate of drug-likeness (QED) is 0.899. The molecule has 1 N–H and O–H groups in total. The van der Waals surface area contributed by atoms with Gasteiger partial charge in [0.1, 0.15) is 11.3 Å². The molecular formula is C15H22N2O. The third-order valence-corrected chi connectivity index (χ3v) is 3.88. The maximum absolute atomic E-state index is 5.97. The molecule has 0 aliphatic heterocycles. The van der Waals surface area contributed by atoms with Crippen LogP contribution >= 0.6 is 0 Å². The summed E-state index contributed by atoms with van der Waals surface area (Å²) in [5.41, 5.74) is 0.921. The summed E-state index contributed by atoms with van der Waals surface area (Å²) >= 11 is 0. The minimum Gasteiger partial charge on any atom is -0.459 e. The number of nitrogens with zero attached hydrogens (tertiary/aromatic N) is 1. The molecule has 0 radical (unpaired) electrons. The Bertz CT molecular complexity index is 495. The van der Waals surface area contributed by atoms with Crippen LogP contribution in [0.1, 0.15) is 25.6 Å². The van der Waals surface area contributed by atoms with Gasteiger partial charge in [0, 0.05) is 10.9 Å². The number of hydrogen-bond donors (Lipinski definition) is 1. The summed E-state index contributed by atoms with van der Waals surface area (Å²) < 4.78 is 5.97. The molecule has 3 nitrogen and oxygen atoms in total. The highest BCUT2D eigenvalue weighted by Gasteiger charge is 2.34. The largest absolute Gasteiger partial charge is 0.459 e. The zero-order valence-corrected chi connectivity index (χ0v) is 11.8. The van der Waals surface area contributed by atoms with Gasteiger partial charge in [-0.25, -0.2) is 0 Å². The van der Waals surface area contributed by atoms with Crippen molar-refractivity contribution in [3.63, 3.8) is 0 Å². The fourth-order valence-electron chi connectivity index (χ4n) is 2.25. The van der Waals surface area contributed by atoms with Crippen molar-refractivity contribution in [2.45, 2.75) is 25.4 Å². The molecule has 18 heavy (non-hydrogen) atoms. The van der Waals surface area contributed by atoms with Crippen LogP contribution in [0.5, 0.6) is 0 Å². The van der Waals surface area contributed by atoms with Crippen LogP contribution in [-0.4, -0.2) is 31.6 Å². The van der Waals surface area contributed by atoms with Gasteiger partial charge in [-0.1, -0.05) is 18.2 Å². The Kier molecular flexibility index (Phi) is 3.46. The Labute approximate surface area is 109 Å². The van der Waals surface area contributed by atoms with Crippen molar-refractivity contribution in [1.82, 2.24) is 10.2 Å². The Balaban J connectivity index is 2.44.